The third kappa shape index (κ3) is 24.0. The van der Waals surface area contributed by atoms with Crippen LogP contribution in [0.4, 0.5) is 0 Å². The van der Waals surface area contributed by atoms with Gasteiger partial charge in [-0.3, -0.25) is 38.8 Å². The van der Waals surface area contributed by atoms with Crippen LogP contribution in [0.3, 0.4) is 0 Å². The van der Waals surface area contributed by atoms with Crippen LogP contribution >= 0.6 is 12.4 Å². The molecule has 0 radical (unpaired) electrons. The predicted octanol–water partition coefficient (Wildman–Crippen LogP) is 5.90. The quantitative estimate of drug-likeness (QED) is 0.103. The van der Waals surface area contributed by atoms with Crippen LogP contribution in [0.2, 0.25) is 0 Å². The summed E-state index contributed by atoms with van der Waals surface area (Å²) in [6.45, 7) is 14.8. The number of hydrogen-bond donors (Lipinski definition) is 4. The second kappa shape index (κ2) is 40.0. The number of carbonyl (C=O) groups is 10. The second-order valence-corrected chi connectivity index (χ2v) is 19.9. The molecule has 0 aromatic rings. The molecule has 0 bridgehead atoms. The van der Waals surface area contributed by atoms with Crippen LogP contribution in [0.1, 0.15) is 163 Å². The number of nitrogens with two attached hydrogens (primary N) is 1. The Bertz CT molecular complexity index is 2080. The van der Waals surface area contributed by atoms with Gasteiger partial charge in [-0.15, -0.1) is 12.4 Å². The number of carboxylic acid groups (broad SMARTS) is 1. The van der Waals surface area contributed by atoms with E-state index in [1.54, 1.807) is 43.0 Å². The number of likely N-dealkylation sites (tertiary alicyclic amines) is 4. The highest BCUT2D eigenvalue weighted by atomic mass is 35.5. The highest BCUT2D eigenvalue weighted by Crippen LogP contribution is 2.24. The van der Waals surface area contributed by atoms with Crippen molar-refractivity contribution in [2.45, 2.75) is 205 Å². The number of nitrogens with zero attached hydrogens (tertiary/aromatic N) is 6. The molecular weight excluding hydrogens is 1070 g/mol. The smallest absolute Gasteiger partial charge is 0.328 e. The minimum atomic E-state index is -0.883. The first-order valence-corrected chi connectivity index (χ1v) is 26.0. The van der Waals surface area contributed by atoms with E-state index >= 15 is 0 Å². The van der Waals surface area contributed by atoms with Crippen LogP contribution in [-0.2, 0) is 62.2 Å². The molecule has 0 unspecified atom stereocenters. The molecule has 4 saturated heterocycles. The number of carbonyl (C=O) groups excluding carboxylic acids is 9. The van der Waals surface area contributed by atoms with Gasteiger partial charge in [0.25, 0.3) is 0 Å². The van der Waals surface area contributed by atoms with Gasteiger partial charge in [-0.1, -0.05) is 90.8 Å². The van der Waals surface area contributed by atoms with E-state index < -0.39 is 54.2 Å². The maximum absolute atomic E-state index is 12.6. The van der Waals surface area contributed by atoms with Crippen molar-refractivity contribution in [1.82, 2.24) is 30.2 Å². The summed E-state index contributed by atoms with van der Waals surface area (Å²) in [5.41, 5.74) is 7.13. The van der Waals surface area contributed by atoms with Crippen LogP contribution in [0.25, 0.3) is 0 Å². The molecule has 6 aliphatic rings. The van der Waals surface area contributed by atoms with Gasteiger partial charge in [-0.05, 0) is 58.3 Å². The van der Waals surface area contributed by atoms with Gasteiger partial charge in [0.1, 0.15) is 36.3 Å². The molecule has 24 heteroatoms. The fraction of sp³-hybridized carbons (Fsp3) is 0.719. The number of esters is 3. The molecule has 5 N–H and O–H groups in total. The second-order valence-electron chi connectivity index (χ2n) is 19.9. The third-order valence-corrected chi connectivity index (χ3v) is 13.2. The molecule has 6 aliphatic heterocycles. The molecule has 0 aromatic carbocycles. The lowest BCUT2D eigenvalue weighted by Gasteiger charge is -2.27. The summed E-state index contributed by atoms with van der Waals surface area (Å²) in [6, 6.07) is -4.33. The number of allylic oxidation sites excluding steroid dienone is 2. The molecular formula is C57H102ClN9O14. The Morgan fingerprint density at radius 3 is 1.12 bits per heavy atom. The maximum Gasteiger partial charge on any atom is 0.328 e. The first-order valence-electron chi connectivity index (χ1n) is 26.0. The number of hydrogen-bond acceptors (Lipinski definition) is 16. The summed E-state index contributed by atoms with van der Waals surface area (Å²) in [5, 5.41) is 14.3. The molecule has 81 heavy (non-hydrogen) atoms. The van der Waals surface area contributed by atoms with Crippen LogP contribution in [0.15, 0.2) is 33.5 Å². The number of nitrogens with one attached hydrogen (secondary N) is 2. The molecule has 6 amide bonds. The van der Waals surface area contributed by atoms with Gasteiger partial charge in [0, 0.05) is 93.4 Å². The number of aliphatic carboxylic acids is 1. The van der Waals surface area contributed by atoms with Crippen LogP contribution in [0.5, 0.6) is 0 Å². The van der Waals surface area contributed by atoms with E-state index in [9.17, 15) is 47.9 Å². The Morgan fingerprint density at radius 2 is 0.840 bits per heavy atom. The molecule has 0 saturated carbocycles. The Labute approximate surface area is 489 Å². The fourth-order valence-electron chi connectivity index (χ4n) is 9.28. The summed E-state index contributed by atoms with van der Waals surface area (Å²) in [7, 11) is 3.92. The lowest BCUT2D eigenvalue weighted by atomic mass is 10.1. The molecule has 466 valence electrons. The minimum absolute atomic E-state index is 0. The maximum atomic E-state index is 12.6. The lowest BCUT2D eigenvalue weighted by molar-refractivity contribution is -0.152. The average Bonchev–Trinajstić information content (AvgIpc) is 4.25. The summed E-state index contributed by atoms with van der Waals surface area (Å²) in [5.74, 6) is -3.52. The minimum Gasteiger partial charge on any atom is -0.480 e. The third-order valence-electron chi connectivity index (χ3n) is 13.2. The molecule has 23 nitrogen and oxygen atoms in total. The fourth-order valence-corrected chi connectivity index (χ4v) is 9.28. The predicted molar refractivity (Wildman–Crippen MR) is 317 cm³/mol. The normalized spacial score (nSPS) is 20.0. The van der Waals surface area contributed by atoms with Crippen LogP contribution in [0, 0.1) is 17.8 Å². The van der Waals surface area contributed by atoms with Crippen LogP contribution in [-0.4, -0.2) is 186 Å². The number of ether oxygens (including phenoxy) is 3. The number of carboxylic acids is 1. The Hall–Kier alpha value is -6.23. The van der Waals surface area contributed by atoms with Gasteiger partial charge >= 0.3 is 23.9 Å². The highest BCUT2D eigenvalue weighted by molar-refractivity contribution is 5.93. The first-order chi connectivity index (χ1) is 35.5. The van der Waals surface area contributed by atoms with Crippen LogP contribution < -0.4 is 16.4 Å². The zero-order valence-electron chi connectivity index (χ0n) is 45.8. The number of rotatable bonds is 16. The zero-order chi connectivity index (χ0) is 56.1. The van der Waals surface area contributed by atoms with E-state index in [4.69, 9.17) is 20.3 Å². The average molecular weight is 1170 g/mol. The number of amides is 6. The van der Waals surface area contributed by atoms with Gasteiger partial charge in [-0.25, -0.2) is 19.2 Å². The van der Waals surface area contributed by atoms with Crippen molar-refractivity contribution in [3.63, 3.8) is 0 Å². The number of halogens is 1. The molecule has 0 aliphatic carbocycles. The molecule has 6 rings (SSSR count). The van der Waals surface area contributed by atoms with Crippen molar-refractivity contribution < 1.29 is 67.3 Å². The van der Waals surface area contributed by atoms with E-state index in [0.717, 1.165) is 56.3 Å². The number of methoxy groups -OCH3 is 3. The summed E-state index contributed by atoms with van der Waals surface area (Å²) < 4.78 is 14.2. The van der Waals surface area contributed by atoms with Crippen molar-refractivity contribution in [3.8, 4) is 0 Å². The van der Waals surface area contributed by atoms with E-state index in [-0.39, 0.29) is 121 Å². The SMILES string of the molecule is C.C.C.C.C.CC(C)C(=O)N1CCC[C@H]1C(=O)O.COC(=O)[C@@H]1CCCN1C(=O)C(C)C.COC(=O)[C@H](CC1=CCC=N1)NC(=O)[C@@H]1CCCN1C(=O)C(C)C.COC(=O)[C@H](CC1=CCC=N1)NC(=O)[C@@H]1CCCN1C(=O)[C@@H](C)N.Cl. The first kappa shape index (κ1) is 81.2. The summed E-state index contributed by atoms with van der Waals surface area (Å²) >= 11 is 0. The molecule has 7 atom stereocenters. The largest absolute Gasteiger partial charge is 0.480 e. The van der Waals surface area contributed by atoms with E-state index in [2.05, 4.69) is 25.4 Å². The molecule has 0 aromatic heterocycles. The van der Waals surface area contributed by atoms with Crippen molar-refractivity contribution >= 4 is 84.2 Å². The van der Waals surface area contributed by atoms with Crippen molar-refractivity contribution in [2.75, 3.05) is 47.5 Å². The molecule has 6 heterocycles. The van der Waals surface area contributed by atoms with Crippen molar-refractivity contribution in [1.29, 1.82) is 0 Å². The summed E-state index contributed by atoms with van der Waals surface area (Å²) in [4.78, 5) is 133. The van der Waals surface area contributed by atoms with E-state index in [1.165, 1.54) is 31.1 Å². The Balaban J connectivity index is -0.000000492. The van der Waals surface area contributed by atoms with Gasteiger partial charge in [0.15, 0.2) is 0 Å². The standard InChI is InChI=1S/C17H25N3O4.C16H24N4O4.C10H17NO3.C9H15NO3.5CH4.ClH/c1-11(2)16(22)20-9-5-7-14(20)15(21)19-13(17(23)24-3)10-12-6-4-8-18-12;1-10(17)15(22)20-8-4-6-13(20)14(21)19-12(16(23)24-2)9-11-5-3-7-18-11;1-7(2)9(12)11-6-4-5-8(11)10(13)14-3;1-6(2)8(11)10-5-3-4-7(10)9(12)13;;;;;;/h6,8,11,13-14H,4-5,7,9-10H2,1-3H3,(H,19,21);5,7,10,12-13H,3-4,6,8-9,17H2,1-2H3,(H,19,21);7-8H,4-6H2,1-3H3;6-7H,3-5H2,1-2H3,(H,12,13);5*1H4;1H/t13-,14-;10-,12+,13+;8-;7-;;;;;;/m0100....../s1. The van der Waals surface area contributed by atoms with Gasteiger partial charge < -0.3 is 55.3 Å². The lowest BCUT2D eigenvalue weighted by Crippen LogP contribution is -2.53. The molecule has 4 fully saturated rings. The topological polar surface area (TPSA) is 306 Å². The summed E-state index contributed by atoms with van der Waals surface area (Å²) in [6.07, 6.45) is 15.0. The van der Waals surface area contributed by atoms with Gasteiger partial charge in [-0.2, -0.15) is 0 Å². The monoisotopic (exact) mass is 1170 g/mol. The van der Waals surface area contributed by atoms with Crippen molar-refractivity contribution in [3.05, 3.63) is 23.5 Å². The van der Waals surface area contributed by atoms with Gasteiger partial charge in [0.2, 0.25) is 35.4 Å². The molecule has 0 spiro atoms. The van der Waals surface area contributed by atoms with Crippen molar-refractivity contribution in [2.24, 2.45) is 33.5 Å². The Kier molecular flexibility index (Phi) is 40.2. The zero-order valence-corrected chi connectivity index (χ0v) is 46.6. The highest BCUT2D eigenvalue weighted by Gasteiger charge is 2.40. The Morgan fingerprint density at radius 1 is 0.531 bits per heavy atom. The van der Waals surface area contributed by atoms with Gasteiger partial charge in [0.05, 0.1) is 27.4 Å². The number of aliphatic imine (C=N–C) groups is 2. The van der Waals surface area contributed by atoms with E-state index in [1.807, 2.05) is 39.8 Å². The van der Waals surface area contributed by atoms with E-state index in [0.29, 0.717) is 51.9 Å².